The van der Waals surface area contributed by atoms with Gasteiger partial charge in [0.2, 0.25) is 5.91 Å². The molecular formula is C9H18N4O. The molecule has 0 aliphatic carbocycles. The molecule has 0 spiro atoms. The average molecular weight is 198 g/mol. The Morgan fingerprint density at radius 2 is 2.29 bits per heavy atom. The van der Waals surface area contributed by atoms with Crippen molar-refractivity contribution in [3.05, 3.63) is 0 Å². The van der Waals surface area contributed by atoms with E-state index in [4.69, 9.17) is 16.7 Å². The quantitative estimate of drug-likeness (QED) is 0.499. The Kier molecular flexibility index (Phi) is 5.84. The largest absolute Gasteiger partial charge is 0.356 e. The van der Waals surface area contributed by atoms with Crippen LogP contribution in [0.15, 0.2) is 0 Å². The molecule has 0 rings (SSSR count). The van der Waals surface area contributed by atoms with Gasteiger partial charge in [-0.25, -0.2) is 0 Å². The van der Waals surface area contributed by atoms with E-state index in [-0.39, 0.29) is 12.3 Å². The highest BCUT2D eigenvalue weighted by Gasteiger charge is 2.18. The van der Waals surface area contributed by atoms with Gasteiger partial charge in [-0.05, 0) is 26.3 Å². The van der Waals surface area contributed by atoms with Gasteiger partial charge in [-0.15, -0.1) is 0 Å². The lowest BCUT2D eigenvalue weighted by Gasteiger charge is -2.14. The molecule has 80 valence electrons. The minimum Gasteiger partial charge on any atom is -0.356 e. The normalized spacial score (nSPS) is 14.1. The van der Waals surface area contributed by atoms with E-state index in [1.54, 1.807) is 6.92 Å². The smallest absolute Gasteiger partial charge is 0.220 e. The maximum Gasteiger partial charge on any atom is 0.220 e. The van der Waals surface area contributed by atoms with Crippen LogP contribution in [0.4, 0.5) is 0 Å². The Morgan fingerprint density at radius 1 is 1.64 bits per heavy atom. The van der Waals surface area contributed by atoms with Crippen molar-refractivity contribution in [2.24, 2.45) is 11.5 Å². The van der Waals surface area contributed by atoms with Crippen molar-refractivity contribution in [3.63, 3.8) is 0 Å². The van der Waals surface area contributed by atoms with Gasteiger partial charge in [-0.3, -0.25) is 4.79 Å². The predicted octanol–water partition coefficient (Wildman–Crippen LogP) is -0.527. The van der Waals surface area contributed by atoms with Crippen molar-refractivity contribution in [2.45, 2.75) is 31.7 Å². The van der Waals surface area contributed by atoms with Crippen molar-refractivity contribution >= 4 is 5.91 Å². The molecule has 5 heteroatoms. The molecule has 0 aromatic heterocycles. The minimum atomic E-state index is -0.912. The van der Waals surface area contributed by atoms with Crippen LogP contribution < -0.4 is 16.8 Å². The third-order valence-corrected chi connectivity index (χ3v) is 1.83. The lowest BCUT2D eigenvalue weighted by atomic mass is 9.99. The van der Waals surface area contributed by atoms with Gasteiger partial charge in [0.05, 0.1) is 6.07 Å². The molecule has 1 atom stereocenters. The minimum absolute atomic E-state index is 0.0784. The lowest BCUT2D eigenvalue weighted by molar-refractivity contribution is -0.121. The van der Waals surface area contributed by atoms with Gasteiger partial charge in [0.25, 0.3) is 0 Å². The summed E-state index contributed by atoms with van der Waals surface area (Å²) in [6.45, 7) is 2.76. The molecule has 5 N–H and O–H groups in total. The predicted molar refractivity (Wildman–Crippen MR) is 54.1 cm³/mol. The molecule has 0 aromatic carbocycles. The van der Waals surface area contributed by atoms with E-state index in [0.717, 1.165) is 6.42 Å². The third kappa shape index (κ3) is 6.40. The van der Waals surface area contributed by atoms with Gasteiger partial charge in [-0.1, -0.05) is 0 Å². The van der Waals surface area contributed by atoms with E-state index in [2.05, 4.69) is 5.32 Å². The molecule has 1 amide bonds. The molecular weight excluding hydrogens is 180 g/mol. The Bertz CT molecular complexity index is 219. The molecule has 0 heterocycles. The van der Waals surface area contributed by atoms with Crippen LogP contribution in [0.25, 0.3) is 0 Å². The van der Waals surface area contributed by atoms with Crippen LogP contribution in [0.5, 0.6) is 0 Å². The van der Waals surface area contributed by atoms with Gasteiger partial charge in [0, 0.05) is 13.0 Å². The van der Waals surface area contributed by atoms with Gasteiger partial charge in [-0.2, -0.15) is 5.26 Å². The highest BCUT2D eigenvalue weighted by molar-refractivity contribution is 5.75. The molecule has 0 radical (unpaired) electrons. The third-order valence-electron chi connectivity index (χ3n) is 1.83. The molecule has 0 aromatic rings. The number of carbonyl (C=O) groups excluding carboxylic acids is 1. The van der Waals surface area contributed by atoms with E-state index < -0.39 is 5.54 Å². The molecule has 0 aliphatic rings. The number of rotatable bonds is 6. The first-order valence-electron chi connectivity index (χ1n) is 4.69. The molecule has 0 fully saturated rings. The second kappa shape index (κ2) is 6.35. The Balaban J connectivity index is 3.60. The fourth-order valence-electron chi connectivity index (χ4n) is 0.847. The summed E-state index contributed by atoms with van der Waals surface area (Å²) in [5, 5.41) is 11.3. The summed E-state index contributed by atoms with van der Waals surface area (Å²) in [5.74, 6) is -0.0784. The van der Waals surface area contributed by atoms with Crippen LogP contribution in [0.3, 0.4) is 0 Å². The van der Waals surface area contributed by atoms with Crippen molar-refractivity contribution < 1.29 is 4.79 Å². The second-order valence-electron chi connectivity index (χ2n) is 3.52. The van der Waals surface area contributed by atoms with Gasteiger partial charge in [0.15, 0.2) is 0 Å². The van der Waals surface area contributed by atoms with E-state index in [1.807, 2.05) is 6.07 Å². The van der Waals surface area contributed by atoms with E-state index >= 15 is 0 Å². The molecule has 0 aliphatic heterocycles. The topological polar surface area (TPSA) is 105 Å². The number of carbonyl (C=O) groups is 1. The van der Waals surface area contributed by atoms with Gasteiger partial charge >= 0.3 is 0 Å². The summed E-state index contributed by atoms with van der Waals surface area (Å²) in [6.07, 6.45) is 1.42. The molecule has 1 unspecified atom stereocenters. The highest BCUT2D eigenvalue weighted by Crippen LogP contribution is 2.06. The van der Waals surface area contributed by atoms with Gasteiger partial charge < -0.3 is 16.8 Å². The summed E-state index contributed by atoms with van der Waals surface area (Å²) in [5.41, 5.74) is 9.91. The standard InChI is InChI=1S/C9H18N4O/c1-9(12,7-11)4-3-8(14)13-6-2-5-10/h2-6,10,12H2,1H3,(H,13,14). The fraction of sp³-hybridized carbons (Fsp3) is 0.778. The van der Waals surface area contributed by atoms with Crippen LogP contribution in [0.2, 0.25) is 0 Å². The summed E-state index contributed by atoms with van der Waals surface area (Å²) >= 11 is 0. The SMILES string of the molecule is CC(N)(C#N)CCC(=O)NCCCN. The molecule has 0 saturated heterocycles. The van der Waals surface area contributed by atoms with E-state index in [0.29, 0.717) is 19.5 Å². The number of hydrogen-bond donors (Lipinski definition) is 3. The molecule has 0 saturated carbocycles. The highest BCUT2D eigenvalue weighted by atomic mass is 16.1. The number of nitrogens with two attached hydrogens (primary N) is 2. The zero-order valence-corrected chi connectivity index (χ0v) is 8.55. The zero-order valence-electron chi connectivity index (χ0n) is 8.55. The number of amides is 1. The van der Waals surface area contributed by atoms with Crippen molar-refractivity contribution in [2.75, 3.05) is 13.1 Å². The first kappa shape index (κ1) is 12.9. The Hall–Kier alpha value is -1.12. The van der Waals surface area contributed by atoms with Crippen molar-refractivity contribution in [3.8, 4) is 6.07 Å². The van der Waals surface area contributed by atoms with Crippen LogP contribution >= 0.6 is 0 Å². The monoisotopic (exact) mass is 198 g/mol. The lowest BCUT2D eigenvalue weighted by Crippen LogP contribution is -2.36. The molecule has 0 bridgehead atoms. The summed E-state index contributed by atoms with van der Waals surface area (Å²) in [6, 6.07) is 1.94. The first-order chi connectivity index (χ1) is 6.52. The fourth-order valence-corrected chi connectivity index (χ4v) is 0.847. The maximum absolute atomic E-state index is 11.2. The van der Waals surface area contributed by atoms with Crippen molar-refractivity contribution in [1.29, 1.82) is 5.26 Å². The van der Waals surface area contributed by atoms with Crippen LogP contribution in [-0.4, -0.2) is 24.5 Å². The van der Waals surface area contributed by atoms with Gasteiger partial charge in [0.1, 0.15) is 5.54 Å². The number of nitriles is 1. The molecule has 14 heavy (non-hydrogen) atoms. The first-order valence-corrected chi connectivity index (χ1v) is 4.69. The summed E-state index contributed by atoms with van der Waals surface area (Å²) < 4.78 is 0. The van der Waals surface area contributed by atoms with Crippen LogP contribution in [0.1, 0.15) is 26.2 Å². The Labute approximate surface area is 84.4 Å². The van der Waals surface area contributed by atoms with Crippen LogP contribution in [-0.2, 0) is 4.79 Å². The average Bonchev–Trinajstić information content (AvgIpc) is 2.16. The summed E-state index contributed by atoms with van der Waals surface area (Å²) in [7, 11) is 0. The van der Waals surface area contributed by atoms with E-state index in [9.17, 15) is 4.79 Å². The van der Waals surface area contributed by atoms with E-state index in [1.165, 1.54) is 0 Å². The number of nitrogens with one attached hydrogen (secondary N) is 1. The zero-order chi connectivity index (χ0) is 11.0. The van der Waals surface area contributed by atoms with Crippen LogP contribution in [0, 0.1) is 11.3 Å². The number of nitrogens with zero attached hydrogens (tertiary/aromatic N) is 1. The maximum atomic E-state index is 11.2. The Morgan fingerprint density at radius 3 is 2.79 bits per heavy atom. The van der Waals surface area contributed by atoms with Crippen molar-refractivity contribution in [1.82, 2.24) is 5.32 Å². The summed E-state index contributed by atoms with van der Waals surface area (Å²) in [4.78, 5) is 11.2. The molecule has 5 nitrogen and oxygen atoms in total. The number of hydrogen-bond acceptors (Lipinski definition) is 4. The second-order valence-corrected chi connectivity index (χ2v) is 3.52.